The van der Waals surface area contributed by atoms with Gasteiger partial charge in [-0.05, 0) is 12.1 Å². The molecule has 0 radical (unpaired) electrons. The van der Waals surface area contributed by atoms with E-state index in [1.54, 1.807) is 24.3 Å². The molecule has 6 nitrogen and oxygen atoms in total. The second kappa shape index (κ2) is 5.49. The molecule has 0 fully saturated rings. The van der Waals surface area contributed by atoms with E-state index in [2.05, 4.69) is 4.98 Å². The minimum atomic E-state index is -1.97. The van der Waals surface area contributed by atoms with Crippen molar-refractivity contribution in [2.24, 2.45) is 0 Å². The predicted molar refractivity (Wildman–Crippen MR) is 75.3 cm³/mol. The molecular weight excluding hydrogens is 290 g/mol. The van der Waals surface area contributed by atoms with Crippen LogP contribution in [0.25, 0.3) is 0 Å². The number of amides is 1. The summed E-state index contributed by atoms with van der Waals surface area (Å²) in [7, 11) is -1.97. The zero-order chi connectivity index (χ0) is 15.9. The highest BCUT2D eigenvalue weighted by Gasteiger charge is 2.35. The Morgan fingerprint density at radius 3 is 2.73 bits per heavy atom. The van der Waals surface area contributed by atoms with Gasteiger partial charge in [0.05, 0.1) is 18.4 Å². The predicted octanol–water partition coefficient (Wildman–Crippen LogP) is -0.453. The Labute approximate surface area is 125 Å². The van der Waals surface area contributed by atoms with Crippen LogP contribution in [-0.2, 0) is 6.54 Å². The minimum Gasteiger partial charge on any atom is -0.423 e. The Balaban J connectivity index is 1.89. The number of carbonyl (C=O) groups excluding carboxylic acids is 1. The van der Waals surface area contributed by atoms with Crippen molar-refractivity contribution in [2.45, 2.75) is 12.8 Å². The quantitative estimate of drug-likeness (QED) is 0.668. The van der Waals surface area contributed by atoms with E-state index in [1.165, 1.54) is 4.90 Å². The van der Waals surface area contributed by atoms with Gasteiger partial charge in [0.25, 0.3) is 5.91 Å². The van der Waals surface area contributed by atoms with Crippen LogP contribution in [0.15, 0.2) is 36.5 Å². The van der Waals surface area contributed by atoms with Gasteiger partial charge < -0.3 is 20.1 Å². The Morgan fingerprint density at radius 1 is 1.32 bits per heavy atom. The maximum Gasteiger partial charge on any atom is 0.491 e. The van der Waals surface area contributed by atoms with Crippen molar-refractivity contribution in [3.05, 3.63) is 59.2 Å². The van der Waals surface area contributed by atoms with Gasteiger partial charge in [0.15, 0.2) is 6.23 Å². The van der Waals surface area contributed by atoms with E-state index in [0.29, 0.717) is 11.1 Å². The van der Waals surface area contributed by atoms with Crippen LogP contribution in [0.5, 0.6) is 0 Å². The number of benzene rings is 1. The van der Waals surface area contributed by atoms with Crippen molar-refractivity contribution in [1.82, 2.24) is 9.88 Å². The maximum atomic E-state index is 13.4. The van der Waals surface area contributed by atoms with Gasteiger partial charge in [0, 0.05) is 16.6 Å². The first kappa shape index (κ1) is 14.6. The van der Waals surface area contributed by atoms with E-state index in [-0.39, 0.29) is 23.6 Å². The zero-order valence-corrected chi connectivity index (χ0v) is 11.3. The molecule has 112 valence electrons. The van der Waals surface area contributed by atoms with E-state index in [1.807, 2.05) is 0 Å². The highest BCUT2D eigenvalue weighted by molar-refractivity contribution is 6.58. The average molecular weight is 302 g/mol. The first-order valence-corrected chi connectivity index (χ1v) is 6.57. The summed E-state index contributed by atoms with van der Waals surface area (Å²) in [5, 5.41) is 28.4. The molecule has 3 N–H and O–H groups in total. The number of fused-ring (bicyclic) bond motifs is 1. The van der Waals surface area contributed by atoms with Crippen molar-refractivity contribution in [3.8, 4) is 0 Å². The highest BCUT2D eigenvalue weighted by Crippen LogP contribution is 2.32. The van der Waals surface area contributed by atoms with Gasteiger partial charge in [0.1, 0.15) is 5.82 Å². The van der Waals surface area contributed by atoms with Gasteiger partial charge >= 0.3 is 7.12 Å². The zero-order valence-electron chi connectivity index (χ0n) is 11.3. The monoisotopic (exact) mass is 302 g/mol. The molecule has 1 unspecified atom stereocenters. The van der Waals surface area contributed by atoms with Crippen LogP contribution in [0.2, 0.25) is 0 Å². The Hall–Kier alpha value is -2.29. The fraction of sp³-hybridized carbons (Fsp3) is 0.143. The van der Waals surface area contributed by atoms with E-state index in [4.69, 9.17) is 10.0 Å². The summed E-state index contributed by atoms with van der Waals surface area (Å²) in [4.78, 5) is 17.3. The van der Waals surface area contributed by atoms with E-state index in [0.717, 1.165) is 12.3 Å². The van der Waals surface area contributed by atoms with Gasteiger partial charge in [0.2, 0.25) is 0 Å². The minimum absolute atomic E-state index is 0.0747. The number of carbonyl (C=O) groups is 1. The largest absolute Gasteiger partial charge is 0.491 e. The number of halogens is 1. The lowest BCUT2D eigenvalue weighted by molar-refractivity contribution is 0.0132. The van der Waals surface area contributed by atoms with Crippen molar-refractivity contribution in [2.75, 3.05) is 0 Å². The molecule has 22 heavy (non-hydrogen) atoms. The van der Waals surface area contributed by atoms with Crippen LogP contribution in [0.4, 0.5) is 4.39 Å². The number of pyridine rings is 1. The topological polar surface area (TPSA) is 93.9 Å². The molecule has 2 aromatic rings. The van der Waals surface area contributed by atoms with Gasteiger partial charge in [-0.15, -0.1) is 0 Å². The molecule has 1 aliphatic rings. The maximum absolute atomic E-state index is 13.4. The molecule has 8 heteroatoms. The van der Waals surface area contributed by atoms with E-state index in [9.17, 15) is 14.3 Å². The summed E-state index contributed by atoms with van der Waals surface area (Å²) in [5.41, 5.74) is 0.810. The Morgan fingerprint density at radius 2 is 2.05 bits per heavy atom. The third kappa shape index (κ3) is 2.37. The molecule has 0 saturated heterocycles. The lowest BCUT2D eigenvalue weighted by Crippen LogP contribution is -2.34. The number of hydrogen-bond donors (Lipinski definition) is 3. The summed E-state index contributed by atoms with van der Waals surface area (Å²) in [5.74, 6) is -1.21. The van der Waals surface area contributed by atoms with Gasteiger partial charge in [-0.25, -0.2) is 4.39 Å². The summed E-state index contributed by atoms with van der Waals surface area (Å²) in [6, 6.07) is 7.84. The molecule has 0 spiro atoms. The first-order valence-electron chi connectivity index (χ1n) is 6.57. The molecule has 1 aromatic heterocycles. The van der Waals surface area contributed by atoms with Gasteiger partial charge in [-0.2, -0.15) is 0 Å². The second-order valence-corrected chi connectivity index (χ2v) is 4.96. The molecule has 1 aromatic carbocycles. The molecule has 1 atom stereocenters. The Bertz CT molecular complexity index is 741. The highest BCUT2D eigenvalue weighted by atomic mass is 19.1. The number of aliphatic hydroxyl groups is 1. The van der Waals surface area contributed by atoms with Crippen LogP contribution in [0.3, 0.4) is 0 Å². The molecule has 0 bridgehead atoms. The summed E-state index contributed by atoms with van der Waals surface area (Å²) >= 11 is 0. The third-order valence-electron chi connectivity index (χ3n) is 3.58. The summed E-state index contributed by atoms with van der Waals surface area (Å²) < 4.78 is 13.4. The second-order valence-electron chi connectivity index (χ2n) is 4.96. The SMILES string of the molecule is O=C1c2ccccc2C(O)N1Cc1cc(B(O)O)c(F)cn1. The van der Waals surface area contributed by atoms with Crippen LogP contribution in [0, 0.1) is 5.82 Å². The molecule has 1 aliphatic heterocycles. The standard InChI is InChI=1S/C14H12BFN2O4/c16-12-6-17-8(5-11(12)15(21)22)7-18-13(19)9-3-1-2-4-10(9)14(18)20/h1-6,13,19,21-22H,7H2. The molecule has 3 rings (SSSR count). The van der Waals surface area contributed by atoms with Crippen LogP contribution in [0.1, 0.15) is 27.8 Å². The fourth-order valence-electron chi connectivity index (χ4n) is 2.47. The fourth-order valence-corrected chi connectivity index (χ4v) is 2.47. The van der Waals surface area contributed by atoms with Crippen molar-refractivity contribution >= 4 is 18.5 Å². The Kier molecular flexibility index (Phi) is 3.65. The average Bonchev–Trinajstić information content (AvgIpc) is 2.74. The molecule has 2 heterocycles. The molecule has 0 aliphatic carbocycles. The van der Waals surface area contributed by atoms with E-state index >= 15 is 0 Å². The van der Waals surface area contributed by atoms with Crippen molar-refractivity contribution in [1.29, 1.82) is 0 Å². The third-order valence-corrected chi connectivity index (χ3v) is 3.58. The number of aliphatic hydroxyl groups excluding tert-OH is 1. The number of hydrogen-bond acceptors (Lipinski definition) is 5. The lowest BCUT2D eigenvalue weighted by atomic mass is 9.80. The first-order chi connectivity index (χ1) is 10.5. The lowest BCUT2D eigenvalue weighted by Gasteiger charge is -2.20. The van der Waals surface area contributed by atoms with Crippen LogP contribution >= 0.6 is 0 Å². The molecule has 1 amide bonds. The smallest absolute Gasteiger partial charge is 0.423 e. The van der Waals surface area contributed by atoms with Crippen LogP contribution < -0.4 is 5.46 Å². The summed E-state index contributed by atoms with van der Waals surface area (Å²) in [6.45, 7) is -0.0747. The number of rotatable bonds is 3. The normalized spacial score (nSPS) is 16.8. The van der Waals surface area contributed by atoms with E-state index < -0.39 is 19.2 Å². The number of aromatic nitrogens is 1. The van der Waals surface area contributed by atoms with Crippen molar-refractivity contribution in [3.63, 3.8) is 0 Å². The molecule has 0 saturated carbocycles. The van der Waals surface area contributed by atoms with Gasteiger partial charge in [-0.1, -0.05) is 18.2 Å². The number of nitrogens with zero attached hydrogens (tertiary/aromatic N) is 2. The van der Waals surface area contributed by atoms with Crippen molar-refractivity contribution < 1.29 is 24.3 Å². The van der Waals surface area contributed by atoms with Crippen LogP contribution in [-0.4, -0.2) is 38.1 Å². The summed E-state index contributed by atoms with van der Waals surface area (Å²) in [6.07, 6.45) is -0.262. The van der Waals surface area contributed by atoms with Gasteiger partial charge in [-0.3, -0.25) is 9.78 Å². The molecular formula is C14H12BFN2O4.